The van der Waals surface area contributed by atoms with Crippen LogP contribution < -0.4 is 15.4 Å². The molecule has 6 rings (SSSR count). The molecule has 3 saturated heterocycles. The molecule has 9 nitrogen and oxygen atoms in total. The fourth-order valence-corrected chi connectivity index (χ4v) is 8.08. The molecule has 2 bridgehead atoms. The number of likely N-dealkylation sites (N-methyl/N-ethyl adjacent to an activating group) is 1. The molecule has 3 aromatic rings. The van der Waals surface area contributed by atoms with Crippen molar-refractivity contribution in [2.45, 2.75) is 108 Å². The monoisotopic (exact) mass is 719 g/mol. The molecule has 0 aliphatic carbocycles. The molecule has 0 spiro atoms. The number of morpholine rings is 1. The Morgan fingerprint density at radius 3 is 2.34 bits per heavy atom. The number of hydrogen-bond donors (Lipinski definition) is 2. The van der Waals surface area contributed by atoms with Crippen molar-refractivity contribution in [3.63, 3.8) is 0 Å². The van der Waals surface area contributed by atoms with Crippen LogP contribution in [0.5, 0.6) is 5.75 Å². The number of ether oxygens (including phenoxy) is 3. The number of carbonyl (C=O) groups excluding carboxylic acids is 2. The number of nitrogens with one attached hydrogen (secondary N) is 2. The van der Waals surface area contributed by atoms with Crippen molar-refractivity contribution < 1.29 is 28.2 Å². The SMILES string of the molecule is COc1cc(CO[Si](C)(C)C(C)(C)C)c(Cl)c(NC(=O)CCCc2ccc(-c3ccccc3)c(NC(=O)OC3CC4C5OC5C(C3)N4C)c2)c1. The number of methoxy groups -OCH3 is 1. The molecular weight excluding hydrogens is 670 g/mol. The maximum absolute atomic E-state index is 13.2. The number of halogens is 1. The molecule has 11 heteroatoms. The van der Waals surface area contributed by atoms with Crippen LogP contribution >= 0.6 is 11.6 Å². The number of rotatable bonds is 12. The highest BCUT2D eigenvalue weighted by Gasteiger charge is 2.62. The molecule has 4 unspecified atom stereocenters. The lowest BCUT2D eigenvalue weighted by molar-refractivity contribution is -0.116. The summed E-state index contributed by atoms with van der Waals surface area (Å²) in [5.41, 5.74) is 4.87. The van der Waals surface area contributed by atoms with E-state index in [9.17, 15) is 9.59 Å². The predicted molar refractivity (Wildman–Crippen MR) is 201 cm³/mol. The first kappa shape index (κ1) is 36.4. The number of hydrogen-bond acceptors (Lipinski definition) is 7. The second kappa shape index (κ2) is 14.7. The van der Waals surface area contributed by atoms with Crippen LogP contribution in [0.15, 0.2) is 60.7 Å². The molecule has 3 heterocycles. The van der Waals surface area contributed by atoms with E-state index in [4.69, 9.17) is 30.2 Å². The minimum absolute atomic E-state index is 0.0555. The van der Waals surface area contributed by atoms with E-state index in [1.165, 1.54) is 0 Å². The van der Waals surface area contributed by atoms with Crippen LogP contribution in [-0.2, 0) is 31.7 Å². The summed E-state index contributed by atoms with van der Waals surface area (Å²) in [4.78, 5) is 28.7. The molecule has 2 N–H and O–H groups in total. The van der Waals surface area contributed by atoms with E-state index in [1.807, 2.05) is 54.6 Å². The highest BCUT2D eigenvalue weighted by molar-refractivity contribution is 6.74. The van der Waals surface area contributed by atoms with Crippen LogP contribution in [0, 0.1) is 0 Å². The number of fused-ring (bicyclic) bond motifs is 5. The highest BCUT2D eigenvalue weighted by Crippen LogP contribution is 2.48. The third kappa shape index (κ3) is 8.05. The zero-order valence-corrected chi connectivity index (χ0v) is 31.9. The summed E-state index contributed by atoms with van der Waals surface area (Å²) in [6.07, 6.45) is 3.06. The van der Waals surface area contributed by atoms with Gasteiger partial charge in [-0.05, 0) is 61.3 Å². The first-order valence-electron chi connectivity index (χ1n) is 17.6. The standard InChI is InChI=1S/C39H50ClN3O6Si/c1-39(2,3)50(6,7)47-23-26-19-27(46-5)20-31(35(26)40)41-34(44)15-11-12-24-16-17-29(25-13-9-8-10-14-25)30(18-24)42-38(45)48-28-21-32-36-37(49-36)33(22-28)43(32)4/h8-10,13-14,16-20,28,32-33,36-37H,11-12,15,21-23H2,1-7H3,(H,41,44)(H,42,45). The summed E-state index contributed by atoms with van der Waals surface area (Å²) in [7, 11) is 1.72. The Morgan fingerprint density at radius 1 is 0.980 bits per heavy atom. The van der Waals surface area contributed by atoms with E-state index in [2.05, 4.69) is 56.4 Å². The van der Waals surface area contributed by atoms with Crippen molar-refractivity contribution in [3.05, 3.63) is 76.8 Å². The number of anilines is 2. The number of nitrogens with zero attached hydrogens (tertiary/aromatic N) is 1. The second-order valence-corrected chi connectivity index (χ2v) is 20.5. The third-order valence-electron chi connectivity index (χ3n) is 10.9. The van der Waals surface area contributed by atoms with Gasteiger partial charge in [0.05, 0.1) is 30.1 Å². The Morgan fingerprint density at radius 2 is 1.68 bits per heavy atom. The Bertz CT molecular complexity index is 1700. The molecule has 0 aromatic heterocycles. The molecule has 3 aliphatic rings. The predicted octanol–water partition coefficient (Wildman–Crippen LogP) is 8.66. The van der Waals surface area contributed by atoms with Gasteiger partial charge in [0, 0.05) is 48.5 Å². The van der Waals surface area contributed by atoms with Gasteiger partial charge in [0.15, 0.2) is 8.32 Å². The van der Waals surface area contributed by atoms with Crippen molar-refractivity contribution in [2.24, 2.45) is 0 Å². The summed E-state index contributed by atoms with van der Waals surface area (Å²) in [6.45, 7) is 11.3. The second-order valence-electron chi connectivity index (χ2n) is 15.3. The van der Waals surface area contributed by atoms with Crippen LogP contribution in [0.25, 0.3) is 11.1 Å². The average Bonchev–Trinajstić information content (AvgIpc) is 3.83. The van der Waals surface area contributed by atoms with Gasteiger partial charge in [-0.2, -0.15) is 0 Å². The van der Waals surface area contributed by atoms with E-state index in [0.29, 0.717) is 60.1 Å². The molecule has 50 heavy (non-hydrogen) atoms. The molecular formula is C39H50ClN3O6Si. The number of epoxide rings is 1. The lowest BCUT2D eigenvalue weighted by Crippen LogP contribution is -2.48. The number of amides is 2. The number of carbonyl (C=O) groups is 2. The molecule has 3 aromatic carbocycles. The van der Waals surface area contributed by atoms with Crippen LogP contribution in [0.4, 0.5) is 16.2 Å². The minimum atomic E-state index is -2.01. The minimum Gasteiger partial charge on any atom is -0.497 e. The summed E-state index contributed by atoms with van der Waals surface area (Å²) in [5, 5.41) is 6.54. The van der Waals surface area contributed by atoms with Gasteiger partial charge in [-0.15, -0.1) is 0 Å². The Hall–Kier alpha value is -3.41. The summed E-state index contributed by atoms with van der Waals surface area (Å²) >= 11 is 6.79. The van der Waals surface area contributed by atoms with E-state index < -0.39 is 14.4 Å². The maximum Gasteiger partial charge on any atom is 0.411 e. The fraction of sp³-hybridized carbons (Fsp3) is 0.487. The maximum atomic E-state index is 13.2. The zero-order valence-electron chi connectivity index (χ0n) is 30.2. The zero-order chi connectivity index (χ0) is 35.8. The smallest absolute Gasteiger partial charge is 0.411 e. The van der Waals surface area contributed by atoms with Crippen molar-refractivity contribution in [1.82, 2.24) is 4.90 Å². The third-order valence-corrected chi connectivity index (χ3v) is 15.9. The Balaban J connectivity index is 1.08. The van der Waals surface area contributed by atoms with Gasteiger partial charge in [0.25, 0.3) is 0 Å². The van der Waals surface area contributed by atoms with Gasteiger partial charge >= 0.3 is 6.09 Å². The first-order chi connectivity index (χ1) is 23.7. The molecule has 2 amide bonds. The van der Waals surface area contributed by atoms with Crippen molar-refractivity contribution in [1.29, 1.82) is 0 Å². The van der Waals surface area contributed by atoms with E-state index in [1.54, 1.807) is 13.2 Å². The van der Waals surface area contributed by atoms with Gasteiger partial charge in [0.1, 0.15) is 24.1 Å². The summed E-state index contributed by atoms with van der Waals surface area (Å²) < 4.78 is 23.7. The van der Waals surface area contributed by atoms with E-state index in [-0.39, 0.29) is 29.3 Å². The van der Waals surface area contributed by atoms with E-state index >= 15 is 0 Å². The van der Waals surface area contributed by atoms with E-state index in [0.717, 1.165) is 35.1 Å². The molecule has 4 atom stereocenters. The molecule has 0 radical (unpaired) electrons. The first-order valence-corrected chi connectivity index (χ1v) is 20.9. The molecule has 3 fully saturated rings. The van der Waals surface area contributed by atoms with Crippen LogP contribution in [0.3, 0.4) is 0 Å². The molecule has 0 saturated carbocycles. The van der Waals surface area contributed by atoms with Gasteiger partial charge in [-0.3, -0.25) is 15.0 Å². The van der Waals surface area contributed by atoms with Crippen LogP contribution in [-0.4, -0.2) is 69.8 Å². The summed E-state index contributed by atoms with van der Waals surface area (Å²) in [5.74, 6) is 0.457. The van der Waals surface area contributed by atoms with Crippen molar-refractivity contribution in [2.75, 3.05) is 24.8 Å². The van der Waals surface area contributed by atoms with Crippen LogP contribution in [0.2, 0.25) is 23.2 Å². The Kier molecular flexibility index (Phi) is 10.7. The van der Waals surface area contributed by atoms with Crippen molar-refractivity contribution in [3.8, 4) is 16.9 Å². The van der Waals surface area contributed by atoms with Gasteiger partial charge < -0.3 is 24.0 Å². The van der Waals surface area contributed by atoms with Crippen LogP contribution in [0.1, 0.15) is 57.6 Å². The molecule has 268 valence electrons. The largest absolute Gasteiger partial charge is 0.497 e. The lowest BCUT2D eigenvalue weighted by atomic mass is 9.99. The Labute approximate surface area is 302 Å². The van der Waals surface area contributed by atoms with Crippen molar-refractivity contribution >= 4 is 43.3 Å². The highest BCUT2D eigenvalue weighted by atomic mass is 35.5. The average molecular weight is 720 g/mol. The topological polar surface area (TPSA) is 102 Å². The van der Waals surface area contributed by atoms with Gasteiger partial charge in [0.2, 0.25) is 5.91 Å². The fourth-order valence-electron chi connectivity index (χ4n) is 6.92. The number of benzene rings is 3. The molecule has 3 aliphatic heterocycles. The van der Waals surface area contributed by atoms with Gasteiger partial charge in [-0.1, -0.05) is 74.8 Å². The summed E-state index contributed by atoms with van der Waals surface area (Å²) in [6, 6.07) is 20.2. The normalized spacial score (nSPS) is 22.8. The van der Waals surface area contributed by atoms with Gasteiger partial charge in [-0.25, -0.2) is 4.79 Å². The quantitative estimate of drug-likeness (QED) is 0.143. The lowest BCUT2D eigenvalue weighted by Gasteiger charge is -2.37. The number of piperidine rings is 1. The number of aryl methyl sites for hydroxylation is 1.